The third-order valence-corrected chi connectivity index (χ3v) is 3.82. The Labute approximate surface area is 127 Å². The van der Waals surface area contributed by atoms with Crippen LogP contribution in [0.2, 0.25) is 0 Å². The van der Waals surface area contributed by atoms with Crippen molar-refractivity contribution in [1.82, 2.24) is 9.78 Å². The van der Waals surface area contributed by atoms with Crippen LogP contribution in [-0.4, -0.2) is 9.78 Å². The molecule has 0 aliphatic heterocycles. The van der Waals surface area contributed by atoms with Crippen molar-refractivity contribution in [3.63, 3.8) is 0 Å². The summed E-state index contributed by atoms with van der Waals surface area (Å²) in [6.45, 7) is -0.0993. The Hall–Kier alpha value is -2.08. The number of fused-ring (bicyclic) bond motifs is 1. The van der Waals surface area contributed by atoms with E-state index in [1.165, 1.54) is 16.8 Å². The van der Waals surface area contributed by atoms with Gasteiger partial charge in [-0.15, -0.1) is 0 Å². The molecule has 1 aromatic heterocycles. The molecular formula is C15H9BrF2N2O. The molecule has 3 rings (SSSR count). The molecule has 3 nitrogen and oxygen atoms in total. The van der Waals surface area contributed by atoms with Gasteiger partial charge in [-0.2, -0.15) is 5.10 Å². The highest BCUT2D eigenvalue weighted by molar-refractivity contribution is 9.10. The molecule has 0 N–H and O–H groups in total. The van der Waals surface area contributed by atoms with Gasteiger partial charge in [0.2, 0.25) is 5.43 Å². The third kappa shape index (κ3) is 2.47. The fraction of sp³-hybridized carbons (Fsp3) is 0.0667. The summed E-state index contributed by atoms with van der Waals surface area (Å²) in [7, 11) is 0. The van der Waals surface area contributed by atoms with E-state index in [9.17, 15) is 13.6 Å². The number of nitrogens with zero attached hydrogens (tertiary/aromatic N) is 2. The van der Waals surface area contributed by atoms with Crippen LogP contribution in [0.15, 0.2) is 51.9 Å². The summed E-state index contributed by atoms with van der Waals surface area (Å²) in [5.41, 5.74) is 0.200. The van der Waals surface area contributed by atoms with Gasteiger partial charge in [-0.25, -0.2) is 8.78 Å². The molecule has 0 aliphatic carbocycles. The first-order valence-electron chi connectivity index (χ1n) is 6.15. The summed E-state index contributed by atoms with van der Waals surface area (Å²) in [6.07, 6.45) is 1.15. The number of hydrogen-bond acceptors (Lipinski definition) is 2. The molecule has 2 aromatic carbocycles. The van der Waals surface area contributed by atoms with Crippen molar-refractivity contribution in [1.29, 1.82) is 0 Å². The summed E-state index contributed by atoms with van der Waals surface area (Å²) in [4.78, 5) is 11.7. The summed E-state index contributed by atoms with van der Waals surface area (Å²) >= 11 is 3.03. The van der Waals surface area contributed by atoms with Crippen LogP contribution in [0.3, 0.4) is 0 Å². The molecule has 1 heterocycles. The molecule has 0 bridgehead atoms. The number of para-hydroxylation sites is 1. The Morgan fingerprint density at radius 3 is 2.71 bits per heavy atom. The van der Waals surface area contributed by atoms with Crippen LogP contribution in [0, 0.1) is 11.6 Å². The van der Waals surface area contributed by atoms with Gasteiger partial charge in [0, 0.05) is 10.9 Å². The summed E-state index contributed by atoms with van der Waals surface area (Å²) in [6, 6.07) is 9.32. The van der Waals surface area contributed by atoms with Gasteiger partial charge in [-0.1, -0.05) is 12.1 Å². The summed E-state index contributed by atoms with van der Waals surface area (Å²) < 4.78 is 29.5. The van der Waals surface area contributed by atoms with E-state index in [1.54, 1.807) is 24.3 Å². The van der Waals surface area contributed by atoms with Crippen molar-refractivity contribution in [2.45, 2.75) is 6.54 Å². The van der Waals surface area contributed by atoms with Crippen molar-refractivity contribution in [2.75, 3.05) is 0 Å². The minimum atomic E-state index is -0.667. The first-order valence-corrected chi connectivity index (χ1v) is 6.94. The molecule has 3 aromatic rings. The van der Waals surface area contributed by atoms with Crippen molar-refractivity contribution >= 4 is 26.8 Å². The highest BCUT2D eigenvalue weighted by Gasteiger charge is 2.14. The summed E-state index contributed by atoms with van der Waals surface area (Å²) in [5, 5.41) is 4.43. The van der Waals surface area contributed by atoms with Crippen molar-refractivity contribution in [2.24, 2.45) is 0 Å². The van der Waals surface area contributed by atoms with Crippen LogP contribution in [-0.2, 0) is 6.54 Å². The molecule has 6 heteroatoms. The standard InChI is InChI=1S/C15H9BrF2N2O/c16-11-5-6-12(17)10(15(11)18)8-20-13-4-2-1-3-9(13)14(21)7-19-20/h1-7H,8H2. The quantitative estimate of drug-likeness (QED) is 0.663. The highest BCUT2D eigenvalue weighted by atomic mass is 79.9. The minimum Gasteiger partial charge on any atom is -0.287 e. The van der Waals surface area contributed by atoms with Gasteiger partial charge in [0.05, 0.1) is 22.7 Å². The van der Waals surface area contributed by atoms with Crippen molar-refractivity contribution < 1.29 is 8.78 Å². The Morgan fingerprint density at radius 2 is 1.90 bits per heavy atom. The smallest absolute Gasteiger partial charge is 0.207 e. The molecule has 0 aliphatic rings. The van der Waals surface area contributed by atoms with Gasteiger partial charge in [0.15, 0.2) is 0 Å². The van der Waals surface area contributed by atoms with Crippen LogP contribution in [0.25, 0.3) is 10.9 Å². The van der Waals surface area contributed by atoms with E-state index in [0.29, 0.717) is 10.9 Å². The monoisotopic (exact) mass is 350 g/mol. The molecule has 0 amide bonds. The van der Waals surface area contributed by atoms with E-state index in [1.807, 2.05) is 0 Å². The predicted octanol–water partition coefficient (Wildman–Crippen LogP) is 3.49. The van der Waals surface area contributed by atoms with Crippen LogP contribution in [0.5, 0.6) is 0 Å². The number of hydrogen-bond donors (Lipinski definition) is 0. The van der Waals surface area contributed by atoms with Gasteiger partial charge in [0.25, 0.3) is 0 Å². The lowest BCUT2D eigenvalue weighted by Crippen LogP contribution is -2.14. The molecule has 106 valence electrons. The maximum absolute atomic E-state index is 14.0. The van der Waals surface area contributed by atoms with E-state index >= 15 is 0 Å². The second-order valence-electron chi connectivity index (χ2n) is 4.51. The average molecular weight is 351 g/mol. The van der Waals surface area contributed by atoms with Crippen LogP contribution >= 0.6 is 15.9 Å². The lowest BCUT2D eigenvalue weighted by atomic mass is 10.2. The maximum Gasteiger partial charge on any atom is 0.207 e. The highest BCUT2D eigenvalue weighted by Crippen LogP contribution is 2.23. The summed E-state index contributed by atoms with van der Waals surface area (Å²) in [5.74, 6) is -1.32. The van der Waals surface area contributed by atoms with Crippen molar-refractivity contribution in [3.05, 3.63) is 74.5 Å². The normalized spacial score (nSPS) is 11.0. The first kappa shape index (κ1) is 13.9. The van der Waals surface area contributed by atoms with Crippen molar-refractivity contribution in [3.8, 4) is 0 Å². The second-order valence-corrected chi connectivity index (χ2v) is 5.36. The second kappa shape index (κ2) is 5.37. The molecule has 0 saturated heterocycles. The Bertz CT molecular complexity index is 892. The number of benzene rings is 2. The maximum atomic E-state index is 14.0. The Kier molecular flexibility index (Phi) is 3.55. The zero-order valence-corrected chi connectivity index (χ0v) is 12.3. The Balaban J connectivity index is 2.18. The molecular weight excluding hydrogens is 342 g/mol. The molecule has 0 atom stereocenters. The predicted molar refractivity (Wildman–Crippen MR) is 79.2 cm³/mol. The fourth-order valence-corrected chi connectivity index (χ4v) is 2.52. The minimum absolute atomic E-state index is 0.0993. The molecule has 0 spiro atoms. The molecule has 0 saturated carbocycles. The number of rotatable bonds is 2. The zero-order valence-electron chi connectivity index (χ0n) is 10.7. The topological polar surface area (TPSA) is 34.9 Å². The lowest BCUT2D eigenvalue weighted by molar-refractivity contribution is 0.531. The van der Waals surface area contributed by atoms with Gasteiger partial charge < -0.3 is 0 Å². The molecule has 0 radical (unpaired) electrons. The third-order valence-electron chi connectivity index (χ3n) is 3.21. The van der Waals surface area contributed by atoms with Crippen LogP contribution in [0.4, 0.5) is 8.78 Å². The van der Waals surface area contributed by atoms with Crippen LogP contribution < -0.4 is 5.43 Å². The SMILES string of the molecule is O=c1cnn(Cc2c(F)ccc(Br)c2F)c2ccccc12. The van der Waals surface area contributed by atoms with Gasteiger partial charge >= 0.3 is 0 Å². The Morgan fingerprint density at radius 1 is 1.14 bits per heavy atom. The van der Waals surface area contributed by atoms with E-state index < -0.39 is 11.6 Å². The number of halogens is 3. The zero-order chi connectivity index (χ0) is 15.0. The van der Waals surface area contributed by atoms with Gasteiger partial charge in [-0.05, 0) is 40.2 Å². The van der Waals surface area contributed by atoms with Gasteiger partial charge in [0.1, 0.15) is 11.6 Å². The molecule has 21 heavy (non-hydrogen) atoms. The number of aromatic nitrogens is 2. The van der Waals surface area contributed by atoms with E-state index in [0.717, 1.165) is 6.20 Å². The molecule has 0 fully saturated rings. The van der Waals surface area contributed by atoms with E-state index in [4.69, 9.17) is 0 Å². The lowest BCUT2D eigenvalue weighted by Gasteiger charge is -2.11. The first-order chi connectivity index (χ1) is 10.1. The van der Waals surface area contributed by atoms with E-state index in [2.05, 4.69) is 21.0 Å². The largest absolute Gasteiger partial charge is 0.287 e. The fourth-order valence-electron chi connectivity index (χ4n) is 2.15. The molecule has 0 unspecified atom stereocenters. The van der Waals surface area contributed by atoms with E-state index in [-0.39, 0.29) is 22.0 Å². The van der Waals surface area contributed by atoms with Crippen LogP contribution in [0.1, 0.15) is 5.56 Å². The van der Waals surface area contributed by atoms with Gasteiger partial charge in [-0.3, -0.25) is 9.48 Å². The average Bonchev–Trinajstić information content (AvgIpc) is 2.50.